The van der Waals surface area contributed by atoms with Gasteiger partial charge in [0.05, 0.1) is 5.92 Å². The van der Waals surface area contributed by atoms with E-state index in [1.54, 1.807) is 0 Å². The van der Waals surface area contributed by atoms with Crippen molar-refractivity contribution in [1.29, 1.82) is 0 Å². The van der Waals surface area contributed by atoms with Crippen LogP contribution in [0.3, 0.4) is 0 Å². The lowest BCUT2D eigenvalue weighted by Crippen LogP contribution is -2.38. The second-order valence-corrected chi connectivity index (χ2v) is 4.05. The summed E-state index contributed by atoms with van der Waals surface area (Å²) in [4.78, 5) is 0. The van der Waals surface area contributed by atoms with Crippen LogP contribution in [0.2, 0.25) is 0 Å². The average molecular weight is 217 g/mol. The fourth-order valence-electron chi connectivity index (χ4n) is 1.36. The molecule has 1 fully saturated rings. The quantitative estimate of drug-likeness (QED) is 0.659. The van der Waals surface area contributed by atoms with Gasteiger partial charge in [0.2, 0.25) is 10.9 Å². The molecule has 13 heavy (non-hydrogen) atoms. The highest BCUT2D eigenvalue weighted by atomic mass is 32.2. The summed E-state index contributed by atoms with van der Waals surface area (Å²) in [7, 11) is -2.71. The second kappa shape index (κ2) is 3.83. The van der Waals surface area contributed by atoms with Gasteiger partial charge in [-0.1, -0.05) is 0 Å². The molecular formula is C6H10F3NO2S. The first-order chi connectivity index (χ1) is 5.91. The van der Waals surface area contributed by atoms with Crippen LogP contribution in [0.1, 0.15) is 12.8 Å². The van der Waals surface area contributed by atoms with Crippen LogP contribution < -0.4 is 0 Å². The van der Waals surface area contributed by atoms with Gasteiger partial charge in [-0.25, -0.2) is 12.7 Å². The summed E-state index contributed by atoms with van der Waals surface area (Å²) in [5.41, 5.74) is 0. The molecule has 0 aromatic carbocycles. The summed E-state index contributed by atoms with van der Waals surface area (Å²) in [6.07, 6.45) is -4.42. The van der Waals surface area contributed by atoms with Gasteiger partial charge in [-0.3, -0.25) is 0 Å². The third-order valence-corrected chi connectivity index (χ3v) is 3.03. The molecule has 1 saturated heterocycles. The van der Waals surface area contributed by atoms with Gasteiger partial charge in [-0.15, -0.1) is 0 Å². The number of hydrogen-bond donors (Lipinski definition) is 1. The molecule has 7 heteroatoms. The van der Waals surface area contributed by atoms with Crippen molar-refractivity contribution in [2.45, 2.75) is 19.0 Å². The van der Waals surface area contributed by atoms with E-state index >= 15 is 0 Å². The van der Waals surface area contributed by atoms with Crippen LogP contribution in [-0.4, -0.2) is 32.0 Å². The molecule has 0 aromatic heterocycles. The summed E-state index contributed by atoms with van der Waals surface area (Å²) in [5.74, 6) is -1.33. The van der Waals surface area contributed by atoms with Gasteiger partial charge in [0.15, 0.2) is 0 Å². The van der Waals surface area contributed by atoms with E-state index in [0.29, 0.717) is 0 Å². The molecule has 78 valence electrons. The molecule has 1 heterocycles. The Labute approximate surface area is 75.6 Å². The van der Waals surface area contributed by atoms with E-state index in [1.807, 2.05) is 0 Å². The largest absolute Gasteiger partial charge is 0.391 e. The standard InChI is InChI=1S/C6H10F3NO2S/c7-6(8,9)5-1-3-10(4-2-5)13(11)12/h5,13H,1-4H2. The minimum absolute atomic E-state index is 0.0110. The number of piperidine rings is 1. The molecule has 0 aromatic rings. The Morgan fingerprint density at radius 2 is 1.62 bits per heavy atom. The van der Waals surface area contributed by atoms with Crippen molar-refractivity contribution in [3.8, 4) is 0 Å². The molecule has 0 amide bonds. The van der Waals surface area contributed by atoms with Crippen molar-refractivity contribution >= 4 is 10.9 Å². The molecule has 0 aliphatic carbocycles. The molecule has 0 bridgehead atoms. The zero-order chi connectivity index (χ0) is 10.1. The van der Waals surface area contributed by atoms with E-state index in [1.165, 1.54) is 0 Å². The zero-order valence-corrected chi connectivity index (χ0v) is 7.65. The van der Waals surface area contributed by atoms with Crippen LogP contribution in [0.15, 0.2) is 0 Å². The van der Waals surface area contributed by atoms with Crippen LogP contribution in [0.25, 0.3) is 0 Å². The van der Waals surface area contributed by atoms with E-state index in [-0.39, 0.29) is 25.9 Å². The first kappa shape index (κ1) is 10.8. The molecule has 0 spiro atoms. The average Bonchev–Trinajstić information content (AvgIpc) is 2.03. The minimum atomic E-state index is -4.18. The Bertz CT molecular complexity index is 235. The van der Waals surface area contributed by atoms with Crippen molar-refractivity contribution in [3.63, 3.8) is 0 Å². The Hall–Kier alpha value is -0.300. The number of nitrogens with zero attached hydrogens (tertiary/aromatic N) is 1. The zero-order valence-electron chi connectivity index (χ0n) is 6.75. The van der Waals surface area contributed by atoms with Gasteiger partial charge in [0, 0.05) is 13.1 Å². The summed E-state index contributed by atoms with van der Waals surface area (Å²) >= 11 is 0. The van der Waals surface area contributed by atoms with Crippen LogP contribution in [0.4, 0.5) is 13.2 Å². The van der Waals surface area contributed by atoms with Gasteiger partial charge in [0.25, 0.3) is 0 Å². The maximum absolute atomic E-state index is 12.1. The smallest absolute Gasteiger partial charge is 0.215 e. The highest BCUT2D eigenvalue weighted by Gasteiger charge is 2.41. The summed E-state index contributed by atoms with van der Waals surface area (Å²) in [6.45, 7) is -0.0221. The van der Waals surface area contributed by atoms with E-state index in [2.05, 4.69) is 0 Å². The van der Waals surface area contributed by atoms with Crippen LogP contribution in [0, 0.1) is 5.92 Å². The van der Waals surface area contributed by atoms with Crippen LogP contribution in [-0.2, 0) is 10.9 Å². The third-order valence-electron chi connectivity index (χ3n) is 2.17. The number of halogens is 3. The number of hydrogen-bond acceptors (Lipinski definition) is 2. The van der Waals surface area contributed by atoms with Crippen molar-refractivity contribution in [1.82, 2.24) is 4.31 Å². The van der Waals surface area contributed by atoms with Gasteiger partial charge < -0.3 is 0 Å². The maximum Gasteiger partial charge on any atom is 0.391 e. The molecule has 0 N–H and O–H groups in total. The minimum Gasteiger partial charge on any atom is -0.215 e. The third kappa shape index (κ3) is 2.84. The molecule has 1 aliphatic rings. The molecule has 1 rings (SSSR count). The Kier molecular flexibility index (Phi) is 3.18. The van der Waals surface area contributed by atoms with Crippen molar-refractivity contribution in [3.05, 3.63) is 0 Å². The van der Waals surface area contributed by atoms with Crippen molar-refractivity contribution in [2.24, 2.45) is 5.92 Å². The molecule has 0 atom stereocenters. The van der Waals surface area contributed by atoms with Crippen LogP contribution in [0.5, 0.6) is 0 Å². The lowest BCUT2D eigenvalue weighted by Gasteiger charge is -2.28. The van der Waals surface area contributed by atoms with Crippen molar-refractivity contribution < 1.29 is 21.6 Å². The predicted octanol–water partition coefficient (Wildman–Crippen LogP) is 0.787. The fourth-order valence-corrected chi connectivity index (χ4v) is 1.91. The molecular weight excluding hydrogens is 207 g/mol. The number of thiol groups is 1. The predicted molar refractivity (Wildman–Crippen MR) is 40.7 cm³/mol. The monoisotopic (exact) mass is 217 g/mol. The second-order valence-electron chi connectivity index (χ2n) is 3.01. The Morgan fingerprint density at radius 1 is 1.15 bits per heavy atom. The van der Waals surface area contributed by atoms with Crippen LogP contribution >= 0.6 is 0 Å². The molecule has 0 radical (unpaired) electrons. The number of rotatable bonds is 1. The van der Waals surface area contributed by atoms with Gasteiger partial charge >= 0.3 is 6.18 Å². The first-order valence-corrected chi connectivity index (χ1v) is 5.00. The summed E-state index contributed by atoms with van der Waals surface area (Å²) in [5, 5.41) is 0. The highest BCUT2D eigenvalue weighted by molar-refractivity contribution is 7.69. The lowest BCUT2D eigenvalue weighted by molar-refractivity contribution is -0.182. The van der Waals surface area contributed by atoms with E-state index in [4.69, 9.17) is 0 Å². The highest BCUT2D eigenvalue weighted by Crippen LogP contribution is 2.33. The molecule has 3 nitrogen and oxygen atoms in total. The van der Waals surface area contributed by atoms with Gasteiger partial charge in [-0.05, 0) is 12.8 Å². The Morgan fingerprint density at radius 3 is 1.92 bits per heavy atom. The molecule has 0 unspecified atom stereocenters. The maximum atomic E-state index is 12.1. The van der Waals surface area contributed by atoms with Gasteiger partial charge in [-0.2, -0.15) is 13.2 Å². The first-order valence-electron chi connectivity index (χ1n) is 3.87. The molecule has 1 aliphatic heterocycles. The van der Waals surface area contributed by atoms with E-state index in [9.17, 15) is 21.6 Å². The Balaban J connectivity index is 2.48. The lowest BCUT2D eigenvalue weighted by atomic mass is 9.98. The van der Waals surface area contributed by atoms with Gasteiger partial charge in [0.1, 0.15) is 0 Å². The summed E-state index contributed by atoms with van der Waals surface area (Å²) in [6, 6.07) is 0. The normalized spacial score (nSPS) is 22.5. The SMILES string of the molecule is O=[SH](=O)N1CCC(C(F)(F)F)CC1. The fraction of sp³-hybridized carbons (Fsp3) is 1.00. The topological polar surface area (TPSA) is 37.4 Å². The number of alkyl halides is 3. The van der Waals surface area contributed by atoms with E-state index < -0.39 is 23.0 Å². The van der Waals surface area contributed by atoms with Crippen molar-refractivity contribution in [2.75, 3.05) is 13.1 Å². The molecule has 0 saturated carbocycles. The van der Waals surface area contributed by atoms with E-state index in [0.717, 1.165) is 4.31 Å². The summed E-state index contributed by atoms with van der Waals surface area (Å²) < 4.78 is 58.1.